The molecule has 0 bridgehead atoms. The van der Waals surface area contributed by atoms with Crippen molar-refractivity contribution >= 4 is 38.9 Å². The van der Waals surface area contributed by atoms with E-state index in [4.69, 9.17) is 9.47 Å². The summed E-state index contributed by atoms with van der Waals surface area (Å²) in [5.74, 6) is -1.61. The molecule has 2 heterocycles. The third-order valence-corrected chi connectivity index (χ3v) is 7.30. The zero-order chi connectivity index (χ0) is 26.7. The van der Waals surface area contributed by atoms with Crippen LogP contribution in [0.3, 0.4) is 0 Å². The average molecular weight is 537 g/mol. The van der Waals surface area contributed by atoms with Gasteiger partial charge >= 0.3 is 5.97 Å². The van der Waals surface area contributed by atoms with Crippen molar-refractivity contribution in [3.63, 3.8) is 0 Å². The Morgan fingerprint density at radius 1 is 1.22 bits per heavy atom. The predicted octanol–water partition coefficient (Wildman–Crippen LogP) is 3.68. The van der Waals surface area contributed by atoms with E-state index in [0.717, 1.165) is 0 Å². The molecule has 3 N–H and O–H groups in total. The molecule has 11 nitrogen and oxygen atoms in total. The van der Waals surface area contributed by atoms with Gasteiger partial charge in [-0.05, 0) is 57.3 Å². The first-order chi connectivity index (χ1) is 16.8. The van der Waals surface area contributed by atoms with Crippen molar-refractivity contribution in [1.29, 1.82) is 0 Å². The molecule has 0 radical (unpaired) electrons. The summed E-state index contributed by atoms with van der Waals surface area (Å²) < 4.78 is 41.2. The van der Waals surface area contributed by atoms with E-state index in [-0.39, 0.29) is 52.5 Å². The standard InChI is InChI=1S/C23H28N4O7S2/c1-14-19(22(29)30)26-27(23(2,3)4)21(14)34-16-9-8-15(25-20(28)17-7-6-12-35-17)13-18(16)36(31,32)24-10-11-33-5/h6-9,12-13,24H,10-11H2,1-5H3,(H,25,28)(H,29,30). The van der Waals surface area contributed by atoms with Gasteiger partial charge in [-0.25, -0.2) is 22.6 Å². The number of aromatic carboxylic acids is 1. The molecule has 0 aliphatic carbocycles. The number of benzene rings is 1. The highest BCUT2D eigenvalue weighted by Gasteiger charge is 2.29. The summed E-state index contributed by atoms with van der Waals surface area (Å²) in [5, 5.41) is 18.2. The van der Waals surface area contributed by atoms with Crippen LogP contribution in [0, 0.1) is 6.92 Å². The lowest BCUT2D eigenvalue weighted by atomic mass is 10.1. The van der Waals surface area contributed by atoms with Crippen LogP contribution in [0.1, 0.15) is 46.5 Å². The van der Waals surface area contributed by atoms with Gasteiger partial charge in [0.1, 0.15) is 10.6 Å². The Labute approximate surface area is 213 Å². The van der Waals surface area contributed by atoms with E-state index in [1.807, 2.05) is 20.8 Å². The number of aromatic nitrogens is 2. The molecule has 194 valence electrons. The minimum absolute atomic E-state index is 0.00612. The zero-order valence-electron chi connectivity index (χ0n) is 20.5. The Morgan fingerprint density at radius 3 is 2.53 bits per heavy atom. The van der Waals surface area contributed by atoms with Crippen LogP contribution in [0.5, 0.6) is 11.6 Å². The number of sulfonamides is 1. The molecular weight excluding hydrogens is 508 g/mol. The van der Waals surface area contributed by atoms with Crippen LogP contribution in [0.15, 0.2) is 40.6 Å². The molecule has 2 aromatic heterocycles. The number of carbonyl (C=O) groups excluding carboxylic acids is 1. The Kier molecular flexibility index (Phi) is 8.19. The summed E-state index contributed by atoms with van der Waals surface area (Å²) >= 11 is 1.25. The number of nitrogens with zero attached hydrogens (tertiary/aromatic N) is 2. The van der Waals surface area contributed by atoms with E-state index in [1.165, 1.54) is 48.3 Å². The van der Waals surface area contributed by atoms with Crippen molar-refractivity contribution in [1.82, 2.24) is 14.5 Å². The number of hydrogen-bond donors (Lipinski definition) is 3. The summed E-state index contributed by atoms with van der Waals surface area (Å²) in [6, 6.07) is 7.56. The Balaban J connectivity index is 2.08. The third-order valence-electron chi connectivity index (χ3n) is 4.95. The molecule has 0 saturated carbocycles. The summed E-state index contributed by atoms with van der Waals surface area (Å²) in [6.45, 7) is 7.12. The molecule has 3 aromatic rings. The molecule has 36 heavy (non-hydrogen) atoms. The summed E-state index contributed by atoms with van der Waals surface area (Å²) in [7, 11) is -2.67. The van der Waals surface area contributed by atoms with Gasteiger partial charge in [0.05, 0.1) is 17.0 Å². The summed E-state index contributed by atoms with van der Waals surface area (Å²) in [4.78, 5) is 24.4. The van der Waals surface area contributed by atoms with Crippen molar-refractivity contribution in [3.05, 3.63) is 51.8 Å². The number of amides is 1. The van der Waals surface area contributed by atoms with Crippen LogP contribution in [0.2, 0.25) is 0 Å². The molecule has 0 aliphatic rings. The van der Waals surface area contributed by atoms with E-state index in [9.17, 15) is 23.1 Å². The molecule has 13 heteroatoms. The van der Waals surface area contributed by atoms with Crippen molar-refractivity contribution < 1.29 is 32.6 Å². The highest BCUT2D eigenvalue weighted by molar-refractivity contribution is 7.89. The van der Waals surface area contributed by atoms with E-state index >= 15 is 0 Å². The Morgan fingerprint density at radius 2 is 1.94 bits per heavy atom. The second kappa shape index (κ2) is 10.8. The van der Waals surface area contributed by atoms with Crippen molar-refractivity contribution in [2.45, 2.75) is 38.1 Å². The van der Waals surface area contributed by atoms with Gasteiger partial charge in [-0.3, -0.25) is 4.79 Å². The number of methoxy groups -OCH3 is 1. The van der Waals surface area contributed by atoms with Crippen molar-refractivity contribution in [2.75, 3.05) is 25.6 Å². The molecule has 0 fully saturated rings. The molecule has 0 unspecified atom stereocenters. The Bertz CT molecular complexity index is 1360. The van der Waals surface area contributed by atoms with Gasteiger partial charge in [-0.1, -0.05) is 6.07 Å². The number of thiophene rings is 1. The van der Waals surface area contributed by atoms with Gasteiger partial charge in [0.15, 0.2) is 5.69 Å². The Hall–Kier alpha value is -3.26. The molecule has 0 aliphatic heterocycles. The van der Waals surface area contributed by atoms with Crippen LogP contribution in [-0.4, -0.2) is 55.4 Å². The number of carboxylic acid groups (broad SMARTS) is 1. The van der Waals surface area contributed by atoms with Gasteiger partial charge in [0.25, 0.3) is 5.91 Å². The maximum absolute atomic E-state index is 13.2. The van der Waals surface area contributed by atoms with Crippen LogP contribution in [0.4, 0.5) is 5.69 Å². The largest absolute Gasteiger partial charge is 0.476 e. The fourth-order valence-electron chi connectivity index (χ4n) is 3.20. The van der Waals surface area contributed by atoms with Gasteiger partial charge < -0.3 is 19.9 Å². The number of nitrogens with one attached hydrogen (secondary N) is 2. The van der Waals surface area contributed by atoms with Gasteiger partial charge in [-0.2, -0.15) is 5.10 Å². The van der Waals surface area contributed by atoms with Crippen LogP contribution in [0.25, 0.3) is 0 Å². The maximum Gasteiger partial charge on any atom is 0.356 e. The van der Waals surface area contributed by atoms with Crippen LogP contribution < -0.4 is 14.8 Å². The first kappa shape index (κ1) is 27.3. The van der Waals surface area contributed by atoms with E-state index in [1.54, 1.807) is 17.5 Å². The molecule has 0 saturated heterocycles. The van der Waals surface area contributed by atoms with E-state index < -0.39 is 21.5 Å². The number of carboxylic acids is 1. The number of rotatable bonds is 10. The number of hydrogen-bond acceptors (Lipinski definition) is 8. The quantitative estimate of drug-likeness (QED) is 0.332. The van der Waals surface area contributed by atoms with Gasteiger partial charge in [-0.15, -0.1) is 11.3 Å². The second-order valence-electron chi connectivity index (χ2n) is 8.75. The molecular formula is C23H28N4O7S2. The number of ether oxygens (including phenoxy) is 2. The van der Waals surface area contributed by atoms with E-state index in [2.05, 4.69) is 15.1 Å². The first-order valence-corrected chi connectivity index (χ1v) is 13.2. The lowest BCUT2D eigenvalue weighted by molar-refractivity contribution is 0.0687. The summed E-state index contributed by atoms with van der Waals surface area (Å²) in [6.07, 6.45) is 0. The minimum atomic E-state index is -4.12. The fourth-order valence-corrected chi connectivity index (χ4v) is 4.98. The lowest BCUT2D eigenvalue weighted by Crippen LogP contribution is -2.28. The molecule has 1 amide bonds. The zero-order valence-corrected chi connectivity index (χ0v) is 22.1. The smallest absolute Gasteiger partial charge is 0.356 e. The van der Waals surface area contributed by atoms with Crippen molar-refractivity contribution in [3.8, 4) is 11.6 Å². The SMILES string of the molecule is COCCNS(=O)(=O)c1cc(NC(=O)c2cccs2)ccc1Oc1c(C)c(C(=O)O)nn1C(C)(C)C. The minimum Gasteiger partial charge on any atom is -0.476 e. The first-order valence-electron chi connectivity index (χ1n) is 10.8. The fraction of sp³-hybridized carbons (Fsp3) is 0.348. The topological polar surface area (TPSA) is 149 Å². The molecule has 3 rings (SSSR count). The third kappa shape index (κ3) is 6.10. The monoisotopic (exact) mass is 536 g/mol. The normalized spacial score (nSPS) is 11.9. The lowest BCUT2D eigenvalue weighted by Gasteiger charge is -2.23. The summed E-state index contributed by atoms with van der Waals surface area (Å²) in [5.41, 5.74) is -0.399. The highest BCUT2D eigenvalue weighted by atomic mass is 32.2. The van der Waals surface area contributed by atoms with Crippen molar-refractivity contribution in [2.24, 2.45) is 0 Å². The average Bonchev–Trinajstić information content (AvgIpc) is 3.43. The molecule has 0 spiro atoms. The van der Waals surface area contributed by atoms with Gasteiger partial charge in [0, 0.05) is 24.9 Å². The number of anilines is 1. The highest BCUT2D eigenvalue weighted by Crippen LogP contribution is 2.36. The molecule has 1 aromatic carbocycles. The maximum atomic E-state index is 13.2. The van der Waals surface area contributed by atoms with Gasteiger partial charge in [0.2, 0.25) is 15.9 Å². The number of carbonyl (C=O) groups is 2. The van der Waals surface area contributed by atoms with Crippen LogP contribution >= 0.6 is 11.3 Å². The molecule has 0 atom stereocenters. The van der Waals surface area contributed by atoms with Crippen LogP contribution in [-0.2, 0) is 20.3 Å². The van der Waals surface area contributed by atoms with E-state index in [0.29, 0.717) is 4.88 Å². The predicted molar refractivity (Wildman–Crippen MR) is 135 cm³/mol. The second-order valence-corrected chi connectivity index (χ2v) is 11.4.